The number of benzene rings is 2. The molecular weight excluding hydrogens is 416 g/mol. The lowest BCUT2D eigenvalue weighted by Crippen LogP contribution is -2.32. The summed E-state index contributed by atoms with van der Waals surface area (Å²) >= 11 is 0. The van der Waals surface area contributed by atoms with Gasteiger partial charge >= 0.3 is 0 Å². The monoisotopic (exact) mass is 436 g/mol. The van der Waals surface area contributed by atoms with Crippen LogP contribution >= 0.6 is 0 Å². The minimum Gasteiger partial charge on any atom is -0.504 e. The Morgan fingerprint density at radius 1 is 0.710 bits per heavy atom. The van der Waals surface area contributed by atoms with Gasteiger partial charge in [0.2, 0.25) is 23.1 Å². The predicted molar refractivity (Wildman–Crippen MR) is 104 cm³/mol. The summed E-state index contributed by atoms with van der Waals surface area (Å²) in [6, 6.07) is 4.66. The molecule has 31 heavy (non-hydrogen) atoms. The summed E-state index contributed by atoms with van der Waals surface area (Å²) in [5.74, 6) is -5.05. The summed E-state index contributed by atoms with van der Waals surface area (Å²) in [6.45, 7) is -1.57. The zero-order valence-corrected chi connectivity index (χ0v) is 16.8. The molecule has 0 radical (unpaired) electrons. The molecule has 0 bridgehead atoms. The molecule has 3 N–H and O–H groups in total. The van der Waals surface area contributed by atoms with Gasteiger partial charge in [-0.2, -0.15) is 0 Å². The van der Waals surface area contributed by atoms with Crippen LogP contribution < -0.4 is 23.7 Å². The van der Waals surface area contributed by atoms with Crippen LogP contribution in [0.15, 0.2) is 24.3 Å². The Balaban J connectivity index is 1.98. The SMILES string of the molecule is COc1cc(OCC(=O)C(=O)C(=O)COc2cc(O)c(O)c(O)c2)cc(OC)c1OC. The van der Waals surface area contributed by atoms with Gasteiger partial charge in [-0.3, -0.25) is 14.4 Å². The molecule has 0 heterocycles. The fraction of sp³-hybridized carbons (Fsp3) is 0.250. The van der Waals surface area contributed by atoms with Gasteiger partial charge in [0.15, 0.2) is 36.2 Å². The summed E-state index contributed by atoms with van der Waals surface area (Å²) in [7, 11) is 4.20. The van der Waals surface area contributed by atoms with E-state index in [0.717, 1.165) is 12.1 Å². The van der Waals surface area contributed by atoms with Gasteiger partial charge in [-0.1, -0.05) is 0 Å². The molecule has 166 valence electrons. The largest absolute Gasteiger partial charge is 0.504 e. The van der Waals surface area contributed by atoms with Crippen LogP contribution in [0.3, 0.4) is 0 Å². The second-order valence-corrected chi connectivity index (χ2v) is 5.92. The number of carbonyl (C=O) groups is 3. The Bertz CT molecular complexity index is 949. The maximum absolute atomic E-state index is 12.0. The number of ether oxygens (including phenoxy) is 5. The number of rotatable bonds is 11. The van der Waals surface area contributed by atoms with Crippen LogP contribution in [0.1, 0.15) is 0 Å². The van der Waals surface area contributed by atoms with Gasteiger partial charge in [-0.25, -0.2) is 0 Å². The number of hydrogen-bond acceptors (Lipinski definition) is 11. The van der Waals surface area contributed by atoms with Crippen LogP contribution in [-0.2, 0) is 14.4 Å². The van der Waals surface area contributed by atoms with Gasteiger partial charge < -0.3 is 39.0 Å². The predicted octanol–water partition coefficient (Wildman–Crippen LogP) is 0.994. The molecule has 0 amide bonds. The minimum absolute atomic E-state index is 0.134. The Kier molecular flexibility index (Phi) is 7.50. The zero-order chi connectivity index (χ0) is 23.1. The van der Waals surface area contributed by atoms with Crippen LogP contribution in [0.25, 0.3) is 0 Å². The highest BCUT2D eigenvalue weighted by atomic mass is 16.5. The third kappa shape index (κ3) is 5.47. The van der Waals surface area contributed by atoms with Gasteiger partial charge in [0.1, 0.15) is 11.5 Å². The second kappa shape index (κ2) is 10.1. The Morgan fingerprint density at radius 3 is 1.52 bits per heavy atom. The number of phenolic OH excluding ortho intramolecular Hbond substituents is 3. The molecule has 0 saturated carbocycles. The van der Waals surface area contributed by atoms with Crippen molar-refractivity contribution in [3.8, 4) is 46.0 Å². The smallest absolute Gasteiger partial charge is 0.271 e. The summed E-state index contributed by atoms with van der Waals surface area (Å²) < 4.78 is 25.7. The van der Waals surface area contributed by atoms with Crippen molar-refractivity contribution in [2.24, 2.45) is 0 Å². The first-order valence-electron chi connectivity index (χ1n) is 8.62. The van der Waals surface area contributed by atoms with Crippen LogP contribution in [-0.4, -0.2) is 67.2 Å². The van der Waals surface area contributed by atoms with E-state index in [0.29, 0.717) is 5.75 Å². The topological polar surface area (TPSA) is 158 Å². The second-order valence-electron chi connectivity index (χ2n) is 5.92. The fourth-order valence-electron chi connectivity index (χ4n) is 2.39. The summed E-state index contributed by atoms with van der Waals surface area (Å²) in [4.78, 5) is 35.9. The van der Waals surface area contributed by atoms with Crippen molar-refractivity contribution in [1.29, 1.82) is 0 Å². The average molecular weight is 436 g/mol. The van der Waals surface area contributed by atoms with E-state index < -0.39 is 47.8 Å². The number of ketones is 3. The van der Waals surface area contributed by atoms with Crippen molar-refractivity contribution in [1.82, 2.24) is 0 Å². The molecule has 0 unspecified atom stereocenters. The average Bonchev–Trinajstić information content (AvgIpc) is 2.77. The van der Waals surface area contributed by atoms with Crippen molar-refractivity contribution in [2.75, 3.05) is 34.5 Å². The molecule has 2 rings (SSSR count). The van der Waals surface area contributed by atoms with Gasteiger partial charge in [0, 0.05) is 24.3 Å². The normalized spacial score (nSPS) is 10.2. The fourth-order valence-corrected chi connectivity index (χ4v) is 2.39. The zero-order valence-electron chi connectivity index (χ0n) is 16.8. The van der Waals surface area contributed by atoms with Gasteiger partial charge in [0.25, 0.3) is 5.78 Å². The molecular formula is C20H20O11. The van der Waals surface area contributed by atoms with Gasteiger partial charge in [-0.15, -0.1) is 0 Å². The molecule has 2 aromatic rings. The van der Waals surface area contributed by atoms with E-state index in [1.165, 1.54) is 33.5 Å². The summed E-state index contributed by atoms with van der Waals surface area (Å²) in [5, 5.41) is 28.0. The molecule has 0 aliphatic carbocycles. The maximum Gasteiger partial charge on any atom is 0.271 e. The van der Waals surface area contributed by atoms with Crippen LogP contribution in [0.2, 0.25) is 0 Å². The van der Waals surface area contributed by atoms with E-state index in [1.54, 1.807) is 0 Å². The molecule has 0 fully saturated rings. The highest BCUT2D eigenvalue weighted by Crippen LogP contribution is 2.41. The quantitative estimate of drug-likeness (QED) is 0.262. The molecule has 0 spiro atoms. The third-order valence-electron chi connectivity index (χ3n) is 3.93. The Hall–Kier alpha value is -4.15. The van der Waals surface area contributed by atoms with Crippen molar-refractivity contribution in [2.45, 2.75) is 0 Å². The highest BCUT2D eigenvalue weighted by molar-refractivity contribution is 6.64. The number of hydrogen-bond donors (Lipinski definition) is 3. The van der Waals surface area contributed by atoms with Crippen molar-refractivity contribution < 1.29 is 53.4 Å². The van der Waals surface area contributed by atoms with E-state index in [-0.39, 0.29) is 23.0 Å². The lowest BCUT2D eigenvalue weighted by Gasteiger charge is -2.14. The lowest BCUT2D eigenvalue weighted by molar-refractivity contribution is -0.145. The first-order valence-corrected chi connectivity index (χ1v) is 8.62. The molecule has 0 atom stereocenters. The van der Waals surface area contributed by atoms with Gasteiger partial charge in [-0.05, 0) is 0 Å². The molecule has 11 heteroatoms. The van der Waals surface area contributed by atoms with E-state index >= 15 is 0 Å². The third-order valence-corrected chi connectivity index (χ3v) is 3.93. The first-order chi connectivity index (χ1) is 14.7. The molecule has 0 saturated heterocycles. The van der Waals surface area contributed by atoms with E-state index in [9.17, 15) is 29.7 Å². The lowest BCUT2D eigenvalue weighted by atomic mass is 10.2. The number of carbonyl (C=O) groups excluding carboxylic acids is 3. The summed E-state index contributed by atoms with van der Waals surface area (Å²) in [6.07, 6.45) is 0. The van der Waals surface area contributed by atoms with E-state index in [4.69, 9.17) is 23.7 Å². The van der Waals surface area contributed by atoms with Crippen LogP contribution in [0.4, 0.5) is 0 Å². The van der Waals surface area contributed by atoms with Crippen molar-refractivity contribution >= 4 is 17.3 Å². The molecule has 0 aliphatic rings. The minimum atomic E-state index is -1.36. The van der Waals surface area contributed by atoms with Crippen LogP contribution in [0, 0.1) is 0 Å². The highest BCUT2D eigenvalue weighted by Gasteiger charge is 2.24. The first kappa shape index (κ1) is 23.1. The standard InChI is InChI=1S/C20H20O11/c1-27-16-6-11(7-17(28-2)20(16)29-3)31-9-15(24)19(26)14(23)8-30-10-4-12(21)18(25)13(22)5-10/h4-7,21-22,25H,8-9H2,1-3H3. The number of methoxy groups -OCH3 is 3. The van der Waals surface area contributed by atoms with Crippen LogP contribution in [0.5, 0.6) is 46.0 Å². The number of phenols is 3. The molecule has 0 aromatic heterocycles. The molecule has 2 aromatic carbocycles. The van der Waals surface area contributed by atoms with Crippen molar-refractivity contribution in [3.05, 3.63) is 24.3 Å². The Labute approximate surface area is 176 Å². The Morgan fingerprint density at radius 2 is 1.13 bits per heavy atom. The van der Waals surface area contributed by atoms with E-state index in [2.05, 4.69) is 0 Å². The molecule has 0 aliphatic heterocycles. The van der Waals surface area contributed by atoms with Crippen molar-refractivity contribution in [3.63, 3.8) is 0 Å². The van der Waals surface area contributed by atoms with E-state index in [1.807, 2.05) is 0 Å². The molecule has 11 nitrogen and oxygen atoms in total. The number of aromatic hydroxyl groups is 3. The maximum atomic E-state index is 12.0. The number of Topliss-reactive ketones (excluding diaryl/α,β-unsaturated/α-hetero) is 3. The summed E-state index contributed by atoms with van der Waals surface area (Å²) in [5.41, 5.74) is 0. The van der Waals surface area contributed by atoms with Gasteiger partial charge in [0.05, 0.1) is 21.3 Å².